The topological polar surface area (TPSA) is 43.4 Å². The van der Waals surface area contributed by atoms with Gasteiger partial charge in [0.1, 0.15) is 5.75 Å². The van der Waals surface area contributed by atoms with Crippen molar-refractivity contribution in [3.05, 3.63) is 23.8 Å². The van der Waals surface area contributed by atoms with Crippen LogP contribution in [0.4, 0.5) is 5.69 Å². The molecule has 0 atom stereocenters. The lowest BCUT2D eigenvalue weighted by molar-refractivity contribution is -0.367. The van der Waals surface area contributed by atoms with Crippen LogP contribution < -0.4 is 9.73 Å². The van der Waals surface area contributed by atoms with Crippen LogP contribution in [0.15, 0.2) is 18.2 Å². The molecule has 0 spiro atoms. The lowest BCUT2D eigenvalue weighted by Crippen LogP contribution is -2.66. The second-order valence-electron chi connectivity index (χ2n) is 3.88. The minimum Gasteiger partial charge on any atom is -0.496 e. The Labute approximate surface area is 111 Å². The number of halogens is 1. The summed E-state index contributed by atoms with van der Waals surface area (Å²) >= 11 is 3.41. The first-order chi connectivity index (χ1) is 8.19. The molecule has 0 fully saturated rings. The van der Waals surface area contributed by atoms with E-state index in [2.05, 4.69) is 27.8 Å². The molecule has 1 aromatic rings. The molecular weight excluding hydrogens is 282 g/mol. The Morgan fingerprint density at radius 2 is 2.18 bits per heavy atom. The van der Waals surface area contributed by atoms with Crippen molar-refractivity contribution in [2.75, 3.05) is 7.11 Å². The standard InChI is InChI=1S/C13H18BrNO2/c1-3-4-5-13(16)15-11-6-10(9-14)7-12(8-11)17-2/h6-8H,3-5,9H2,1-2H3,(H,15,16)/p+1. The molecule has 0 unspecified atom stereocenters. The van der Waals surface area contributed by atoms with Gasteiger partial charge in [-0.3, -0.25) is 0 Å². The molecule has 3 nitrogen and oxygen atoms in total. The molecule has 0 saturated heterocycles. The van der Waals surface area contributed by atoms with E-state index in [0.29, 0.717) is 12.3 Å². The summed E-state index contributed by atoms with van der Waals surface area (Å²) in [6, 6.07) is 5.82. The van der Waals surface area contributed by atoms with Gasteiger partial charge in [0.05, 0.1) is 19.6 Å². The van der Waals surface area contributed by atoms with Gasteiger partial charge in [-0.15, -0.1) is 0 Å². The third-order valence-corrected chi connectivity index (χ3v) is 3.06. The highest BCUT2D eigenvalue weighted by molar-refractivity contribution is 9.08. The molecule has 0 radical (unpaired) electrons. The first-order valence-corrected chi connectivity index (χ1v) is 6.87. The fourth-order valence-corrected chi connectivity index (χ4v) is 1.82. The number of methoxy groups -OCH3 is 1. The molecule has 0 aliphatic rings. The maximum Gasteiger partial charge on any atom is 0.337 e. The predicted octanol–water partition coefficient (Wildman–Crippen LogP) is 2.45. The highest BCUT2D eigenvalue weighted by Gasteiger charge is 2.07. The Hall–Kier alpha value is -1.03. The van der Waals surface area contributed by atoms with Crippen LogP contribution in [0.1, 0.15) is 31.7 Å². The van der Waals surface area contributed by atoms with Crippen LogP contribution in [0.25, 0.3) is 0 Å². The molecule has 0 aliphatic carbocycles. The number of rotatable bonds is 6. The summed E-state index contributed by atoms with van der Waals surface area (Å²) in [5.41, 5.74) is 1.96. The summed E-state index contributed by atoms with van der Waals surface area (Å²) < 4.78 is 5.21. The van der Waals surface area contributed by atoms with Crippen molar-refractivity contribution in [1.82, 2.24) is 0 Å². The van der Waals surface area contributed by atoms with Gasteiger partial charge in [0.2, 0.25) is 5.69 Å². The number of nitrogens with one attached hydrogen (secondary N) is 1. The predicted molar refractivity (Wildman–Crippen MR) is 73.4 cm³/mol. The van der Waals surface area contributed by atoms with Crippen molar-refractivity contribution in [3.8, 4) is 5.75 Å². The second-order valence-corrected chi connectivity index (χ2v) is 4.44. The van der Waals surface area contributed by atoms with E-state index in [1.165, 1.54) is 0 Å². The highest BCUT2D eigenvalue weighted by Crippen LogP contribution is 2.19. The van der Waals surface area contributed by atoms with E-state index in [-0.39, 0.29) is 0 Å². The van der Waals surface area contributed by atoms with Crippen LogP contribution in [0.3, 0.4) is 0 Å². The van der Waals surface area contributed by atoms with Crippen molar-refractivity contribution in [2.24, 2.45) is 0 Å². The van der Waals surface area contributed by atoms with Crippen molar-refractivity contribution in [1.29, 1.82) is 0 Å². The van der Waals surface area contributed by atoms with Crippen LogP contribution in [0.2, 0.25) is 0 Å². The summed E-state index contributed by atoms with van der Waals surface area (Å²) in [5.74, 6) is 1.09. The number of unbranched alkanes of at least 4 members (excludes halogenated alkanes) is 1. The van der Waals surface area contributed by atoms with Crippen molar-refractivity contribution >= 4 is 27.5 Å². The molecule has 0 aromatic heterocycles. The summed E-state index contributed by atoms with van der Waals surface area (Å²) in [6.07, 6.45) is 2.72. The minimum atomic E-state index is 0.306. The SMILES string of the molecule is CCCCC(O)=[NH+]c1cc(CBr)cc(OC)c1. The van der Waals surface area contributed by atoms with Crippen molar-refractivity contribution in [2.45, 2.75) is 31.5 Å². The molecule has 17 heavy (non-hydrogen) atoms. The van der Waals surface area contributed by atoms with Gasteiger partial charge in [-0.2, -0.15) is 4.99 Å². The third-order valence-electron chi connectivity index (χ3n) is 2.41. The largest absolute Gasteiger partial charge is 0.496 e. The van der Waals surface area contributed by atoms with Crippen LogP contribution >= 0.6 is 15.9 Å². The summed E-state index contributed by atoms with van der Waals surface area (Å²) in [4.78, 5) is 3.00. The highest BCUT2D eigenvalue weighted by atomic mass is 79.9. The van der Waals surface area contributed by atoms with Crippen molar-refractivity contribution < 1.29 is 14.8 Å². The first-order valence-electron chi connectivity index (χ1n) is 5.75. The number of aliphatic hydroxyl groups excluding tert-OH is 1. The van der Waals surface area contributed by atoms with Gasteiger partial charge in [-0.25, -0.2) is 0 Å². The molecule has 0 bridgehead atoms. The number of hydrogen-bond donors (Lipinski definition) is 2. The normalized spacial score (nSPS) is 11.6. The average Bonchev–Trinajstić information content (AvgIpc) is 2.35. The lowest BCUT2D eigenvalue weighted by Gasteiger charge is -2.01. The molecule has 0 amide bonds. The number of hydrogen-bond acceptors (Lipinski definition) is 1. The molecule has 0 heterocycles. The van der Waals surface area contributed by atoms with Crippen LogP contribution in [-0.4, -0.2) is 18.1 Å². The summed E-state index contributed by atoms with van der Waals surface area (Å²) in [7, 11) is 1.64. The minimum absolute atomic E-state index is 0.306. The van der Waals surface area contributed by atoms with Crippen LogP contribution in [0.5, 0.6) is 5.75 Å². The van der Waals surface area contributed by atoms with Crippen LogP contribution in [-0.2, 0) is 5.33 Å². The average molecular weight is 301 g/mol. The van der Waals surface area contributed by atoms with Gasteiger partial charge >= 0.3 is 5.90 Å². The Morgan fingerprint density at radius 3 is 2.76 bits per heavy atom. The number of alkyl halides is 1. The maximum absolute atomic E-state index is 9.71. The van der Waals surface area contributed by atoms with E-state index in [1.54, 1.807) is 7.11 Å². The maximum atomic E-state index is 9.71. The van der Waals surface area contributed by atoms with Gasteiger partial charge in [0, 0.05) is 11.4 Å². The van der Waals surface area contributed by atoms with Gasteiger partial charge in [-0.05, 0) is 18.1 Å². The van der Waals surface area contributed by atoms with Crippen LogP contribution in [0, 0.1) is 0 Å². The second kappa shape index (κ2) is 7.33. The molecule has 1 aromatic carbocycles. The van der Waals surface area contributed by atoms with Crippen molar-refractivity contribution in [3.63, 3.8) is 0 Å². The summed E-state index contributed by atoms with van der Waals surface area (Å²) in [5, 5.41) is 10.5. The first kappa shape index (κ1) is 14.0. The molecular formula is C13H19BrNO2+. The van der Waals surface area contributed by atoms with E-state index < -0.39 is 0 Å². The quantitative estimate of drug-likeness (QED) is 0.481. The zero-order chi connectivity index (χ0) is 12.7. The molecule has 1 rings (SSSR count). The fraction of sp³-hybridized carbons (Fsp3) is 0.462. The molecule has 2 N–H and O–H groups in total. The van der Waals surface area contributed by atoms with Gasteiger partial charge < -0.3 is 9.84 Å². The van der Waals surface area contributed by atoms with E-state index >= 15 is 0 Å². The number of benzene rings is 1. The Kier molecular flexibility index (Phi) is 6.05. The Bertz CT molecular complexity index is 369. The van der Waals surface area contributed by atoms with E-state index in [4.69, 9.17) is 4.74 Å². The molecule has 0 aliphatic heterocycles. The summed E-state index contributed by atoms with van der Waals surface area (Å²) in [6.45, 7) is 2.10. The zero-order valence-corrected chi connectivity index (χ0v) is 11.9. The van der Waals surface area contributed by atoms with Gasteiger partial charge in [0.25, 0.3) is 0 Å². The Balaban J connectivity index is 2.88. The molecule has 0 saturated carbocycles. The van der Waals surface area contributed by atoms with Gasteiger partial charge in [0.15, 0.2) is 0 Å². The smallest absolute Gasteiger partial charge is 0.337 e. The molecule has 94 valence electrons. The molecule has 4 heteroatoms. The van der Waals surface area contributed by atoms with E-state index in [9.17, 15) is 5.11 Å². The number of ether oxygens (including phenoxy) is 1. The lowest BCUT2D eigenvalue weighted by atomic mass is 10.2. The van der Waals surface area contributed by atoms with E-state index in [1.807, 2.05) is 18.2 Å². The van der Waals surface area contributed by atoms with E-state index in [0.717, 1.165) is 35.2 Å². The Morgan fingerprint density at radius 1 is 1.41 bits per heavy atom. The number of aliphatic hydroxyl groups is 1. The third kappa shape index (κ3) is 4.77. The monoisotopic (exact) mass is 300 g/mol. The zero-order valence-electron chi connectivity index (χ0n) is 10.3. The van der Waals surface area contributed by atoms with Gasteiger partial charge in [-0.1, -0.05) is 29.3 Å². The fourth-order valence-electron chi connectivity index (χ4n) is 1.50.